The zero-order valence-electron chi connectivity index (χ0n) is 11.6. The van der Waals surface area contributed by atoms with Gasteiger partial charge in [-0.2, -0.15) is 0 Å². The van der Waals surface area contributed by atoms with E-state index in [1.807, 2.05) is 0 Å². The fraction of sp³-hybridized carbons (Fsp3) is 0.625. The minimum atomic E-state index is 0.317. The van der Waals surface area contributed by atoms with Crippen LogP contribution in [-0.4, -0.2) is 56.2 Å². The summed E-state index contributed by atoms with van der Waals surface area (Å²) in [6, 6.07) is 11.2. The van der Waals surface area contributed by atoms with Crippen LogP contribution < -0.4 is 0 Å². The van der Waals surface area contributed by atoms with Gasteiger partial charge in [0, 0.05) is 38.0 Å². The number of ether oxygens (including phenoxy) is 1. The largest absolute Gasteiger partial charge is 0.379 e. The monoisotopic (exact) mass is 258 g/mol. The van der Waals surface area contributed by atoms with E-state index < -0.39 is 0 Å². The van der Waals surface area contributed by atoms with Gasteiger partial charge < -0.3 is 9.64 Å². The van der Waals surface area contributed by atoms with Crippen LogP contribution in [0.5, 0.6) is 0 Å². The van der Waals surface area contributed by atoms with Gasteiger partial charge >= 0.3 is 0 Å². The van der Waals surface area contributed by atoms with Gasteiger partial charge in [-0.25, -0.2) is 0 Å². The summed E-state index contributed by atoms with van der Waals surface area (Å²) < 4.78 is 5.55. The highest BCUT2D eigenvalue weighted by molar-refractivity contribution is 5.38. The predicted molar refractivity (Wildman–Crippen MR) is 75.0 cm³/mol. The number of piperidine rings is 1. The zero-order valence-corrected chi connectivity index (χ0v) is 11.6. The summed E-state index contributed by atoms with van der Waals surface area (Å²) in [4.78, 5) is 5.19. The van der Waals surface area contributed by atoms with Crippen molar-refractivity contribution in [3.63, 3.8) is 0 Å². The van der Waals surface area contributed by atoms with E-state index in [1.165, 1.54) is 18.7 Å². The first-order valence-corrected chi connectivity index (χ1v) is 7.40. The first kappa shape index (κ1) is 11.9. The fourth-order valence-electron chi connectivity index (χ4n) is 4.52. The Kier molecular flexibility index (Phi) is 2.69. The van der Waals surface area contributed by atoms with Gasteiger partial charge in [0.25, 0.3) is 0 Å². The second-order valence-corrected chi connectivity index (χ2v) is 6.22. The number of nitrogens with zero attached hydrogens (tertiary/aromatic N) is 2. The Bertz CT molecular complexity index is 443. The number of morpholine rings is 1. The summed E-state index contributed by atoms with van der Waals surface area (Å²) in [5, 5.41) is 0. The Labute approximate surface area is 115 Å². The highest BCUT2D eigenvalue weighted by atomic mass is 16.5. The van der Waals surface area contributed by atoms with Crippen molar-refractivity contribution >= 4 is 0 Å². The first-order valence-electron chi connectivity index (χ1n) is 7.40. The van der Waals surface area contributed by atoms with Crippen LogP contribution in [0.1, 0.15) is 5.56 Å². The Morgan fingerprint density at radius 1 is 1.05 bits per heavy atom. The molecule has 3 fully saturated rings. The maximum atomic E-state index is 5.55. The molecule has 3 atom stereocenters. The molecule has 0 bridgehead atoms. The molecule has 1 aromatic carbocycles. The molecule has 102 valence electrons. The molecule has 2 heterocycles. The van der Waals surface area contributed by atoms with Crippen LogP contribution in [0, 0.1) is 11.8 Å². The van der Waals surface area contributed by atoms with Crippen molar-refractivity contribution in [3.8, 4) is 0 Å². The van der Waals surface area contributed by atoms with Crippen molar-refractivity contribution in [2.24, 2.45) is 11.8 Å². The van der Waals surface area contributed by atoms with Gasteiger partial charge in [-0.05, 0) is 12.6 Å². The van der Waals surface area contributed by atoms with Crippen LogP contribution in [0.15, 0.2) is 30.3 Å². The number of benzene rings is 1. The molecule has 1 aromatic rings. The zero-order chi connectivity index (χ0) is 12.9. The molecule has 1 saturated carbocycles. The van der Waals surface area contributed by atoms with Crippen LogP contribution in [0.3, 0.4) is 0 Å². The number of hydrogen-bond donors (Lipinski definition) is 0. The van der Waals surface area contributed by atoms with Gasteiger partial charge in [0.1, 0.15) is 0 Å². The summed E-state index contributed by atoms with van der Waals surface area (Å²) in [6.07, 6.45) is 0. The third kappa shape index (κ3) is 1.62. The molecule has 1 aliphatic carbocycles. The molecule has 1 unspecified atom stereocenters. The van der Waals surface area contributed by atoms with Crippen molar-refractivity contribution < 1.29 is 4.74 Å². The van der Waals surface area contributed by atoms with Crippen LogP contribution in [-0.2, 0) is 10.3 Å². The Morgan fingerprint density at radius 2 is 1.68 bits per heavy atom. The molecular weight excluding hydrogens is 236 g/mol. The van der Waals surface area contributed by atoms with E-state index in [0.717, 1.165) is 38.1 Å². The summed E-state index contributed by atoms with van der Waals surface area (Å²) in [5.41, 5.74) is 1.84. The van der Waals surface area contributed by atoms with Crippen molar-refractivity contribution in [1.82, 2.24) is 9.80 Å². The van der Waals surface area contributed by atoms with Gasteiger partial charge in [0.05, 0.1) is 18.8 Å². The molecule has 0 amide bonds. The average molecular weight is 258 g/mol. The van der Waals surface area contributed by atoms with Gasteiger partial charge in [0.15, 0.2) is 0 Å². The lowest BCUT2D eigenvalue weighted by Gasteiger charge is -2.39. The third-order valence-corrected chi connectivity index (χ3v) is 5.29. The molecule has 2 aliphatic heterocycles. The summed E-state index contributed by atoms with van der Waals surface area (Å²) in [5.74, 6) is 1.64. The van der Waals surface area contributed by atoms with Gasteiger partial charge in [0.2, 0.25) is 0 Å². The van der Waals surface area contributed by atoms with E-state index in [9.17, 15) is 0 Å². The van der Waals surface area contributed by atoms with E-state index in [0.29, 0.717) is 5.54 Å². The molecule has 4 rings (SSSR count). The predicted octanol–water partition coefficient (Wildman–Crippen LogP) is 1.41. The van der Waals surface area contributed by atoms with Crippen molar-refractivity contribution in [2.45, 2.75) is 5.54 Å². The van der Waals surface area contributed by atoms with E-state index >= 15 is 0 Å². The van der Waals surface area contributed by atoms with Crippen molar-refractivity contribution in [1.29, 1.82) is 0 Å². The Hall–Kier alpha value is -0.900. The topological polar surface area (TPSA) is 15.7 Å². The molecule has 3 aliphatic rings. The van der Waals surface area contributed by atoms with Crippen molar-refractivity contribution in [3.05, 3.63) is 35.9 Å². The maximum absolute atomic E-state index is 5.55. The van der Waals surface area contributed by atoms with Crippen LogP contribution >= 0.6 is 0 Å². The quantitative estimate of drug-likeness (QED) is 0.797. The highest BCUT2D eigenvalue weighted by Crippen LogP contribution is 2.65. The minimum absolute atomic E-state index is 0.317. The fourth-order valence-corrected chi connectivity index (χ4v) is 4.52. The molecule has 3 nitrogen and oxygen atoms in total. The first-order chi connectivity index (χ1) is 9.33. The van der Waals surface area contributed by atoms with Gasteiger partial charge in [-0.1, -0.05) is 30.3 Å². The second-order valence-electron chi connectivity index (χ2n) is 6.22. The van der Waals surface area contributed by atoms with Crippen LogP contribution in [0.4, 0.5) is 0 Å². The lowest BCUT2D eigenvalue weighted by atomic mass is 9.96. The highest BCUT2D eigenvalue weighted by Gasteiger charge is 2.70. The number of rotatable bonds is 2. The minimum Gasteiger partial charge on any atom is -0.379 e. The normalized spacial score (nSPS) is 39.2. The van der Waals surface area contributed by atoms with Crippen LogP contribution in [0.2, 0.25) is 0 Å². The van der Waals surface area contributed by atoms with Gasteiger partial charge in [-0.15, -0.1) is 0 Å². The summed E-state index contributed by atoms with van der Waals surface area (Å²) in [7, 11) is 2.25. The van der Waals surface area contributed by atoms with E-state index in [4.69, 9.17) is 4.74 Å². The molecule has 0 N–H and O–H groups in total. The third-order valence-electron chi connectivity index (χ3n) is 5.29. The SMILES string of the molecule is CN1C[C@@H]2[C@H](C1)C2(c1ccccc1)N1CCOCC1. The smallest absolute Gasteiger partial charge is 0.0594 e. The van der Waals surface area contributed by atoms with E-state index in [1.54, 1.807) is 0 Å². The molecule has 3 heteroatoms. The number of fused-ring (bicyclic) bond motifs is 1. The second kappa shape index (κ2) is 4.30. The van der Waals surface area contributed by atoms with Crippen LogP contribution in [0.25, 0.3) is 0 Å². The molecular formula is C16H22N2O. The van der Waals surface area contributed by atoms with E-state index in [2.05, 4.69) is 47.2 Å². The molecule has 19 heavy (non-hydrogen) atoms. The lowest BCUT2D eigenvalue weighted by molar-refractivity contribution is -0.00531. The number of likely N-dealkylation sites (tertiary alicyclic amines) is 1. The van der Waals surface area contributed by atoms with E-state index in [-0.39, 0.29) is 0 Å². The summed E-state index contributed by atoms with van der Waals surface area (Å²) in [6.45, 7) is 6.46. The molecule has 0 spiro atoms. The molecule has 0 radical (unpaired) electrons. The Morgan fingerprint density at radius 3 is 2.32 bits per heavy atom. The molecule has 2 saturated heterocycles. The maximum Gasteiger partial charge on any atom is 0.0594 e. The average Bonchev–Trinajstić information content (AvgIpc) is 2.89. The molecule has 0 aromatic heterocycles. The number of hydrogen-bond acceptors (Lipinski definition) is 3. The van der Waals surface area contributed by atoms with Crippen molar-refractivity contribution in [2.75, 3.05) is 46.4 Å². The standard InChI is InChI=1S/C16H22N2O/c1-17-11-14-15(12-17)16(14,13-5-3-2-4-6-13)18-7-9-19-10-8-18/h2-6,14-15H,7-12H2,1H3/t14-,15+,16?. The summed E-state index contributed by atoms with van der Waals surface area (Å²) >= 11 is 0. The lowest BCUT2D eigenvalue weighted by Crippen LogP contribution is -2.48. The Balaban J connectivity index is 1.70. The van der Waals surface area contributed by atoms with Gasteiger partial charge in [-0.3, -0.25) is 4.90 Å².